The first-order chi connectivity index (χ1) is 25.2. The fraction of sp³-hybridized carbons (Fsp3) is 0.450. The summed E-state index contributed by atoms with van der Waals surface area (Å²) in [6.07, 6.45) is 7.64. The van der Waals surface area contributed by atoms with E-state index in [2.05, 4.69) is 22.5 Å². The lowest BCUT2D eigenvalue weighted by atomic mass is 9.85. The number of urea groups is 1. The van der Waals surface area contributed by atoms with Crippen LogP contribution in [-0.2, 0) is 0 Å². The first-order valence-corrected chi connectivity index (χ1v) is 18.7. The number of halogens is 1. The zero-order valence-electron chi connectivity index (χ0n) is 31.7. The highest BCUT2D eigenvalue weighted by Crippen LogP contribution is 2.39. The van der Waals surface area contributed by atoms with Crippen molar-refractivity contribution in [3.63, 3.8) is 0 Å². The standard InChI is InChI=1S/C40H54ClN9O3/c1-26-11-9-10-20-49(26)38(44)50-25-28(15-19-36(50)43)53-33-18-17-32(29-12-7-8-13-30(29)33)46-39(51)47-37(24-35(42)40(2,3)4)45-27-14-16-31(41)34(23-27)52-22-21-48(5)6/h7-8,12-16,19,23-26,32-33,43-44H,9-11,17-18,20-22,42H2,1-6H3,(H2,45,46,47,51)/t26?,32-,33+/m0/s1. The van der Waals surface area contributed by atoms with Crippen LogP contribution >= 0.6 is 11.6 Å². The number of piperidine rings is 1. The molecule has 3 aromatic rings. The van der Waals surface area contributed by atoms with Crippen LogP contribution in [0.2, 0.25) is 5.02 Å². The fourth-order valence-corrected chi connectivity index (χ4v) is 6.56. The predicted octanol–water partition coefficient (Wildman–Crippen LogP) is 7.09. The molecule has 0 bridgehead atoms. The number of carbonyl (C=O) groups excluding carboxylic acids is 1. The number of likely N-dealkylation sites (tertiary alicyclic amines) is 1. The third-order valence-corrected chi connectivity index (χ3v) is 9.92. The highest BCUT2D eigenvalue weighted by Gasteiger charge is 2.30. The lowest BCUT2D eigenvalue weighted by molar-refractivity contribution is 0.170. The Balaban J connectivity index is 1.32. The van der Waals surface area contributed by atoms with Gasteiger partial charge >= 0.3 is 6.03 Å². The number of nitrogens with zero attached hydrogens (tertiary/aromatic N) is 4. The molecule has 0 spiro atoms. The second-order valence-electron chi connectivity index (χ2n) is 15.1. The van der Waals surface area contributed by atoms with E-state index in [1.54, 1.807) is 47.2 Å². The molecule has 12 nitrogen and oxygen atoms in total. The number of amides is 2. The number of likely N-dealkylation sites (N-methyl/N-ethyl adjacent to an activating group) is 1. The van der Waals surface area contributed by atoms with Crippen LogP contribution in [-0.4, -0.2) is 72.0 Å². The van der Waals surface area contributed by atoms with Gasteiger partial charge in [-0.25, -0.2) is 9.79 Å². The first kappa shape index (κ1) is 39.4. The number of allylic oxidation sites excluding steroid dienone is 1. The summed E-state index contributed by atoms with van der Waals surface area (Å²) >= 11 is 6.41. The molecule has 1 aliphatic carbocycles. The van der Waals surface area contributed by atoms with Crippen LogP contribution in [0, 0.1) is 16.2 Å². The summed E-state index contributed by atoms with van der Waals surface area (Å²) in [5, 5.41) is 23.9. The van der Waals surface area contributed by atoms with Gasteiger partial charge in [0.15, 0.2) is 0 Å². The van der Waals surface area contributed by atoms with Crippen molar-refractivity contribution in [1.29, 1.82) is 10.8 Å². The molecule has 2 heterocycles. The highest BCUT2D eigenvalue weighted by atomic mass is 35.5. The molecule has 0 saturated carbocycles. The van der Waals surface area contributed by atoms with E-state index in [1.807, 2.05) is 64.0 Å². The molecule has 2 aromatic carbocycles. The van der Waals surface area contributed by atoms with Crippen molar-refractivity contribution in [2.45, 2.75) is 78.0 Å². The van der Waals surface area contributed by atoms with Gasteiger partial charge in [0.25, 0.3) is 0 Å². The molecule has 1 fully saturated rings. The van der Waals surface area contributed by atoms with Gasteiger partial charge in [0.1, 0.15) is 35.5 Å². The number of pyridine rings is 1. The van der Waals surface area contributed by atoms with Crippen LogP contribution in [0.1, 0.15) is 83.1 Å². The molecule has 1 aromatic heterocycles. The van der Waals surface area contributed by atoms with Crippen LogP contribution in [0.4, 0.5) is 10.5 Å². The number of rotatable bonds is 9. The van der Waals surface area contributed by atoms with Crippen molar-refractivity contribution in [1.82, 2.24) is 25.0 Å². The SMILES string of the molecule is CC1CCCCN1C(=N)n1cc(O[C@@H]2CC[C@H](NC(=O)NC(C=C(N)C(C)(C)C)=Nc3ccc(Cl)c(OCCN(C)C)c3)c3ccccc32)ccc1=N. The minimum atomic E-state index is -0.421. The van der Waals surface area contributed by atoms with Crippen molar-refractivity contribution < 1.29 is 14.3 Å². The second-order valence-corrected chi connectivity index (χ2v) is 15.5. The van der Waals surface area contributed by atoms with Crippen molar-refractivity contribution in [2.24, 2.45) is 16.1 Å². The molecule has 5 rings (SSSR count). The molecule has 1 aliphatic heterocycles. The molecular weight excluding hydrogens is 690 g/mol. The van der Waals surface area contributed by atoms with Crippen LogP contribution in [0.3, 0.4) is 0 Å². The molecule has 2 amide bonds. The van der Waals surface area contributed by atoms with E-state index in [4.69, 9.17) is 42.6 Å². The van der Waals surface area contributed by atoms with Gasteiger partial charge in [-0.3, -0.25) is 20.7 Å². The molecule has 6 N–H and O–H groups in total. The van der Waals surface area contributed by atoms with E-state index in [9.17, 15) is 4.79 Å². The lowest BCUT2D eigenvalue weighted by Crippen LogP contribution is -2.47. The number of hydrogen-bond acceptors (Lipinski definition) is 8. The number of benzene rings is 2. The van der Waals surface area contributed by atoms with Crippen LogP contribution in [0.5, 0.6) is 11.5 Å². The number of nitrogens with two attached hydrogens (primary N) is 1. The van der Waals surface area contributed by atoms with Gasteiger partial charge in [0.05, 0.1) is 22.9 Å². The maximum Gasteiger partial charge on any atom is 0.320 e. The fourth-order valence-electron chi connectivity index (χ4n) is 6.38. The maximum absolute atomic E-state index is 13.6. The molecule has 1 unspecified atom stereocenters. The summed E-state index contributed by atoms with van der Waals surface area (Å²) in [5.74, 6) is 1.65. The third-order valence-electron chi connectivity index (χ3n) is 9.60. The summed E-state index contributed by atoms with van der Waals surface area (Å²) in [7, 11) is 3.94. The van der Waals surface area contributed by atoms with E-state index in [1.165, 1.54) is 0 Å². The number of aromatic nitrogens is 1. The quantitative estimate of drug-likeness (QED) is 0.116. The highest BCUT2D eigenvalue weighted by molar-refractivity contribution is 6.32. The molecule has 13 heteroatoms. The molecular formula is C40H54ClN9O3. The third kappa shape index (κ3) is 10.4. The lowest BCUT2D eigenvalue weighted by Gasteiger charge is -2.36. The van der Waals surface area contributed by atoms with E-state index < -0.39 is 6.03 Å². The van der Waals surface area contributed by atoms with Crippen molar-refractivity contribution in [3.05, 3.63) is 94.2 Å². The normalized spacial score (nSPS) is 19.4. The number of aliphatic imine (C=N–C) groups is 1. The molecule has 0 radical (unpaired) electrons. The molecule has 1 saturated heterocycles. The minimum absolute atomic E-state index is 0.228. The van der Waals surface area contributed by atoms with Gasteiger partial charge in [-0.2, -0.15) is 0 Å². The Morgan fingerprint density at radius 3 is 2.57 bits per heavy atom. The molecule has 284 valence electrons. The minimum Gasteiger partial charge on any atom is -0.491 e. The number of nitrogens with one attached hydrogen (secondary N) is 4. The second kappa shape index (κ2) is 17.3. The summed E-state index contributed by atoms with van der Waals surface area (Å²) in [6.45, 7) is 10.1. The predicted molar refractivity (Wildman–Crippen MR) is 211 cm³/mol. The maximum atomic E-state index is 13.6. The topological polar surface area (TPSA) is 157 Å². The zero-order valence-corrected chi connectivity index (χ0v) is 32.5. The number of ether oxygens (including phenoxy) is 2. The molecule has 3 atom stereocenters. The summed E-state index contributed by atoms with van der Waals surface area (Å²) in [6, 6.07) is 16.2. The van der Waals surface area contributed by atoms with Gasteiger partial charge < -0.3 is 30.3 Å². The van der Waals surface area contributed by atoms with Crippen LogP contribution in [0.15, 0.2) is 77.6 Å². The Kier molecular flexibility index (Phi) is 12.9. The number of hydrogen-bond donors (Lipinski definition) is 5. The van der Waals surface area contributed by atoms with Crippen molar-refractivity contribution >= 4 is 35.1 Å². The number of carbonyl (C=O) groups is 1. The van der Waals surface area contributed by atoms with Gasteiger partial charge in [-0.05, 0) is 88.5 Å². The Labute approximate surface area is 318 Å². The Morgan fingerprint density at radius 2 is 1.85 bits per heavy atom. The average Bonchev–Trinajstić information content (AvgIpc) is 3.10. The van der Waals surface area contributed by atoms with Gasteiger partial charge in [-0.15, -0.1) is 0 Å². The van der Waals surface area contributed by atoms with Crippen molar-refractivity contribution in [2.75, 3.05) is 33.8 Å². The average molecular weight is 744 g/mol. The van der Waals surface area contributed by atoms with Crippen molar-refractivity contribution in [3.8, 4) is 11.5 Å². The Bertz CT molecular complexity index is 1900. The monoisotopic (exact) mass is 743 g/mol. The summed E-state index contributed by atoms with van der Waals surface area (Å²) < 4.78 is 14.0. The van der Waals surface area contributed by atoms with E-state index in [0.29, 0.717) is 53.3 Å². The Hall–Kier alpha value is -4.81. The molecule has 53 heavy (non-hydrogen) atoms. The summed E-state index contributed by atoms with van der Waals surface area (Å²) in [5.41, 5.74) is 9.35. The van der Waals surface area contributed by atoms with Gasteiger partial charge in [0, 0.05) is 42.4 Å². The number of amidine groups is 1. The van der Waals surface area contributed by atoms with Crippen LogP contribution in [0.25, 0.3) is 0 Å². The van der Waals surface area contributed by atoms with E-state index >= 15 is 0 Å². The van der Waals surface area contributed by atoms with Gasteiger partial charge in [0.2, 0.25) is 5.96 Å². The zero-order chi connectivity index (χ0) is 38.3. The smallest absolute Gasteiger partial charge is 0.320 e. The largest absolute Gasteiger partial charge is 0.491 e. The van der Waals surface area contributed by atoms with E-state index in [0.717, 1.165) is 43.5 Å². The number of fused-ring (bicyclic) bond motifs is 1. The first-order valence-electron chi connectivity index (χ1n) is 18.3. The van der Waals surface area contributed by atoms with Gasteiger partial charge in [-0.1, -0.05) is 56.6 Å². The molecule has 2 aliphatic rings. The Morgan fingerprint density at radius 1 is 1.09 bits per heavy atom. The summed E-state index contributed by atoms with van der Waals surface area (Å²) in [4.78, 5) is 22.5. The van der Waals surface area contributed by atoms with Crippen LogP contribution < -0.4 is 31.3 Å². The van der Waals surface area contributed by atoms with E-state index in [-0.39, 0.29) is 34.9 Å².